The van der Waals surface area contributed by atoms with Crippen LogP contribution in [0.5, 0.6) is 5.75 Å². The van der Waals surface area contributed by atoms with E-state index in [4.69, 9.17) is 33.0 Å². The zero-order valence-corrected chi connectivity index (χ0v) is 8.68. The summed E-state index contributed by atoms with van der Waals surface area (Å²) in [6, 6.07) is 4.73. The molecule has 0 spiro atoms. The Kier molecular flexibility index (Phi) is 4.04. The van der Waals surface area contributed by atoms with Crippen molar-refractivity contribution in [3.63, 3.8) is 0 Å². The number of aliphatic carboxylic acids is 1. The molecule has 0 saturated carbocycles. The number of benzene rings is 1. The van der Waals surface area contributed by atoms with Gasteiger partial charge in [-0.25, -0.2) is 0 Å². The van der Waals surface area contributed by atoms with Gasteiger partial charge < -0.3 is 9.84 Å². The highest BCUT2D eigenvalue weighted by Gasteiger charge is 2.01. The van der Waals surface area contributed by atoms with E-state index >= 15 is 0 Å². The smallest absolute Gasteiger partial charge is 0.306 e. The number of carbonyl (C=O) groups is 1. The second-order valence-electron chi connectivity index (χ2n) is 2.60. The highest BCUT2D eigenvalue weighted by Crippen LogP contribution is 2.24. The molecule has 0 bridgehead atoms. The van der Waals surface area contributed by atoms with Crippen LogP contribution in [0.1, 0.15) is 6.42 Å². The molecular formula is C9H8Cl2O3. The van der Waals surface area contributed by atoms with Crippen molar-refractivity contribution in [3.8, 4) is 5.75 Å². The van der Waals surface area contributed by atoms with E-state index in [9.17, 15) is 4.79 Å². The second-order valence-corrected chi connectivity index (χ2v) is 3.47. The minimum atomic E-state index is -0.905. The van der Waals surface area contributed by atoms with Crippen molar-refractivity contribution < 1.29 is 14.6 Å². The molecule has 0 fully saturated rings. The first-order valence-corrected chi connectivity index (χ1v) is 4.64. The third-order valence-electron chi connectivity index (χ3n) is 1.42. The molecule has 3 nitrogen and oxygen atoms in total. The summed E-state index contributed by atoms with van der Waals surface area (Å²) < 4.78 is 5.13. The summed E-state index contributed by atoms with van der Waals surface area (Å²) in [5.41, 5.74) is 0. The van der Waals surface area contributed by atoms with Gasteiger partial charge >= 0.3 is 5.97 Å². The number of carboxylic acids is 1. The summed E-state index contributed by atoms with van der Waals surface area (Å²) in [4.78, 5) is 10.2. The molecule has 0 unspecified atom stereocenters. The highest BCUT2D eigenvalue weighted by atomic mass is 35.5. The molecule has 14 heavy (non-hydrogen) atoms. The predicted molar refractivity (Wildman–Crippen MR) is 54.2 cm³/mol. The molecule has 1 aromatic carbocycles. The van der Waals surface area contributed by atoms with Crippen molar-refractivity contribution in [1.29, 1.82) is 0 Å². The zero-order chi connectivity index (χ0) is 10.6. The molecular weight excluding hydrogens is 227 g/mol. The van der Waals surface area contributed by atoms with Crippen LogP contribution in [0.3, 0.4) is 0 Å². The first kappa shape index (κ1) is 11.1. The summed E-state index contributed by atoms with van der Waals surface area (Å²) in [5.74, 6) is -0.429. The molecule has 0 saturated heterocycles. The monoisotopic (exact) mass is 234 g/mol. The molecule has 0 heterocycles. The van der Waals surface area contributed by atoms with E-state index in [2.05, 4.69) is 0 Å². The lowest BCUT2D eigenvalue weighted by molar-refractivity contribution is -0.137. The molecule has 1 N–H and O–H groups in total. The summed E-state index contributed by atoms with van der Waals surface area (Å²) in [5, 5.41) is 9.29. The fourth-order valence-electron chi connectivity index (χ4n) is 0.868. The number of hydrogen-bond acceptors (Lipinski definition) is 2. The SMILES string of the molecule is O=C(O)CCOc1cc(Cl)cc(Cl)c1. The van der Waals surface area contributed by atoms with Gasteiger partial charge in [-0.15, -0.1) is 0 Å². The van der Waals surface area contributed by atoms with Crippen LogP contribution in [0.15, 0.2) is 18.2 Å². The standard InChI is InChI=1S/C9H8Cl2O3/c10-6-3-7(11)5-8(4-6)14-2-1-9(12)13/h3-5H,1-2H2,(H,12,13). The molecule has 0 aliphatic heterocycles. The first-order valence-electron chi connectivity index (χ1n) is 3.88. The van der Waals surface area contributed by atoms with Gasteiger partial charge in [-0.2, -0.15) is 0 Å². The van der Waals surface area contributed by atoms with Crippen molar-refractivity contribution in [2.75, 3.05) is 6.61 Å². The van der Waals surface area contributed by atoms with E-state index in [1.165, 1.54) is 0 Å². The van der Waals surface area contributed by atoms with Crippen LogP contribution in [-0.2, 0) is 4.79 Å². The number of ether oxygens (including phenoxy) is 1. The van der Waals surface area contributed by atoms with E-state index in [1.54, 1.807) is 18.2 Å². The lowest BCUT2D eigenvalue weighted by Gasteiger charge is -2.05. The van der Waals surface area contributed by atoms with E-state index in [0.29, 0.717) is 15.8 Å². The van der Waals surface area contributed by atoms with Crippen molar-refractivity contribution >= 4 is 29.2 Å². The second kappa shape index (κ2) is 5.08. The fourth-order valence-corrected chi connectivity index (χ4v) is 1.37. The van der Waals surface area contributed by atoms with Crippen LogP contribution in [0, 0.1) is 0 Å². The molecule has 0 atom stereocenters. The lowest BCUT2D eigenvalue weighted by Crippen LogP contribution is -2.04. The van der Waals surface area contributed by atoms with E-state index < -0.39 is 5.97 Å². The van der Waals surface area contributed by atoms with Crippen LogP contribution >= 0.6 is 23.2 Å². The summed E-state index contributed by atoms with van der Waals surface area (Å²) >= 11 is 11.4. The van der Waals surface area contributed by atoms with Gasteiger partial charge in [-0.05, 0) is 18.2 Å². The van der Waals surface area contributed by atoms with E-state index in [1.807, 2.05) is 0 Å². The number of carboxylic acid groups (broad SMARTS) is 1. The Bertz CT molecular complexity index is 319. The van der Waals surface area contributed by atoms with Gasteiger partial charge in [0.25, 0.3) is 0 Å². The minimum Gasteiger partial charge on any atom is -0.493 e. The zero-order valence-electron chi connectivity index (χ0n) is 7.17. The Morgan fingerprint density at radius 2 is 1.86 bits per heavy atom. The molecule has 1 aromatic rings. The van der Waals surface area contributed by atoms with Gasteiger partial charge in [0.1, 0.15) is 5.75 Å². The van der Waals surface area contributed by atoms with Gasteiger partial charge in [0.15, 0.2) is 0 Å². The summed E-state index contributed by atoms with van der Waals surface area (Å²) in [6.07, 6.45) is -0.0515. The summed E-state index contributed by atoms with van der Waals surface area (Å²) in [7, 11) is 0. The van der Waals surface area contributed by atoms with E-state index in [-0.39, 0.29) is 13.0 Å². The number of halogens is 2. The average Bonchev–Trinajstić information content (AvgIpc) is 2.01. The van der Waals surface area contributed by atoms with Gasteiger partial charge in [0.2, 0.25) is 0 Å². The van der Waals surface area contributed by atoms with Crippen molar-refractivity contribution in [1.82, 2.24) is 0 Å². The Balaban J connectivity index is 2.54. The van der Waals surface area contributed by atoms with Crippen LogP contribution in [0.25, 0.3) is 0 Å². The molecule has 0 radical (unpaired) electrons. The van der Waals surface area contributed by atoms with Gasteiger partial charge in [-0.1, -0.05) is 23.2 Å². The quantitative estimate of drug-likeness (QED) is 0.872. The normalized spacial score (nSPS) is 9.86. The molecule has 0 aliphatic rings. The lowest BCUT2D eigenvalue weighted by atomic mass is 10.3. The van der Waals surface area contributed by atoms with Crippen molar-refractivity contribution in [2.45, 2.75) is 6.42 Å². The van der Waals surface area contributed by atoms with Crippen LogP contribution in [0.4, 0.5) is 0 Å². The van der Waals surface area contributed by atoms with Crippen LogP contribution < -0.4 is 4.74 Å². The Morgan fingerprint density at radius 3 is 2.36 bits per heavy atom. The van der Waals surface area contributed by atoms with Gasteiger partial charge in [0.05, 0.1) is 13.0 Å². The fraction of sp³-hybridized carbons (Fsp3) is 0.222. The minimum absolute atomic E-state index is 0.0515. The molecule has 5 heteroatoms. The topological polar surface area (TPSA) is 46.5 Å². The molecule has 0 amide bonds. The predicted octanol–water partition coefficient (Wildman–Crippen LogP) is 2.85. The number of rotatable bonds is 4. The molecule has 1 rings (SSSR count). The Morgan fingerprint density at radius 1 is 1.29 bits per heavy atom. The molecule has 0 aromatic heterocycles. The number of hydrogen-bond donors (Lipinski definition) is 1. The maximum absolute atomic E-state index is 10.2. The Hall–Kier alpha value is -0.930. The molecule has 76 valence electrons. The summed E-state index contributed by atoms with van der Waals surface area (Å²) in [6.45, 7) is 0.103. The maximum Gasteiger partial charge on any atom is 0.306 e. The maximum atomic E-state index is 10.2. The Labute approximate surface area is 91.2 Å². The highest BCUT2D eigenvalue weighted by molar-refractivity contribution is 6.34. The van der Waals surface area contributed by atoms with E-state index in [0.717, 1.165) is 0 Å². The van der Waals surface area contributed by atoms with Crippen molar-refractivity contribution in [2.24, 2.45) is 0 Å². The van der Waals surface area contributed by atoms with Crippen molar-refractivity contribution in [3.05, 3.63) is 28.2 Å². The third-order valence-corrected chi connectivity index (χ3v) is 1.86. The first-order chi connectivity index (χ1) is 6.58. The van der Waals surface area contributed by atoms with Crippen LogP contribution in [-0.4, -0.2) is 17.7 Å². The van der Waals surface area contributed by atoms with Gasteiger partial charge in [0, 0.05) is 10.0 Å². The largest absolute Gasteiger partial charge is 0.493 e. The van der Waals surface area contributed by atoms with Gasteiger partial charge in [-0.3, -0.25) is 4.79 Å². The van der Waals surface area contributed by atoms with Crippen LogP contribution in [0.2, 0.25) is 10.0 Å². The average molecular weight is 235 g/mol. The third kappa shape index (κ3) is 3.85. The molecule has 0 aliphatic carbocycles.